The molecule has 1 fully saturated rings. The molecule has 0 saturated carbocycles. The van der Waals surface area contributed by atoms with Gasteiger partial charge in [-0.05, 0) is 69.4 Å². The van der Waals surface area contributed by atoms with Crippen molar-refractivity contribution in [3.8, 4) is 5.75 Å². The number of H-pyrrole nitrogens is 1. The Morgan fingerprint density at radius 1 is 0.946 bits per heavy atom. The summed E-state index contributed by atoms with van der Waals surface area (Å²) in [4.78, 5) is 35.6. The number of fused-ring (bicyclic) bond motifs is 3. The van der Waals surface area contributed by atoms with Gasteiger partial charge < -0.3 is 14.6 Å². The minimum atomic E-state index is -0.538. The highest BCUT2D eigenvalue weighted by Gasteiger charge is 2.31. The number of aryl methyl sites for hydroxylation is 2. The van der Waals surface area contributed by atoms with E-state index in [2.05, 4.69) is 74.4 Å². The van der Waals surface area contributed by atoms with Crippen molar-refractivity contribution in [2.24, 2.45) is 0 Å². The number of carbonyl (C=O) groups is 2. The highest BCUT2D eigenvalue weighted by molar-refractivity contribution is 9.10. The van der Waals surface area contributed by atoms with Crippen LogP contribution in [-0.4, -0.2) is 46.8 Å². The molecule has 1 aliphatic carbocycles. The van der Waals surface area contributed by atoms with Gasteiger partial charge in [0.2, 0.25) is 0 Å². The minimum absolute atomic E-state index is 0.302. The Kier molecular flexibility index (Phi) is 6.16. The zero-order valence-corrected chi connectivity index (χ0v) is 22.1. The third-order valence-corrected chi connectivity index (χ3v) is 8.13. The first kappa shape index (κ1) is 23.7. The molecule has 7 heteroatoms. The van der Waals surface area contributed by atoms with Gasteiger partial charge in [-0.1, -0.05) is 54.1 Å². The van der Waals surface area contributed by atoms with Crippen LogP contribution in [0.4, 0.5) is 0 Å². The monoisotopic (exact) mass is 555 g/mol. The second-order valence-corrected chi connectivity index (χ2v) is 10.2. The van der Waals surface area contributed by atoms with Gasteiger partial charge in [0, 0.05) is 19.3 Å². The van der Waals surface area contributed by atoms with Gasteiger partial charge in [0.15, 0.2) is 0 Å². The molecule has 0 unspecified atom stereocenters. The van der Waals surface area contributed by atoms with E-state index in [1.54, 1.807) is 17.3 Å². The summed E-state index contributed by atoms with van der Waals surface area (Å²) in [7, 11) is 1.52. The van der Waals surface area contributed by atoms with Crippen LogP contribution in [0, 0.1) is 0 Å². The average molecular weight is 556 g/mol. The molecular formula is C30H26BrN3O3. The molecular weight excluding hydrogens is 530 g/mol. The predicted molar refractivity (Wildman–Crippen MR) is 147 cm³/mol. The van der Waals surface area contributed by atoms with Crippen molar-refractivity contribution >= 4 is 44.1 Å². The van der Waals surface area contributed by atoms with Crippen LogP contribution in [0.1, 0.15) is 45.5 Å². The third-order valence-electron chi connectivity index (χ3n) is 7.53. The number of amides is 1. The zero-order valence-electron chi connectivity index (χ0n) is 20.5. The fourth-order valence-corrected chi connectivity index (χ4v) is 6.08. The Hall–Kier alpha value is -3.71. The van der Waals surface area contributed by atoms with Gasteiger partial charge in [-0.25, -0.2) is 4.98 Å². The van der Waals surface area contributed by atoms with E-state index in [-0.39, 0.29) is 0 Å². The summed E-state index contributed by atoms with van der Waals surface area (Å²) in [5, 5.41) is 0.564. The average Bonchev–Trinajstić information content (AvgIpc) is 3.32. The number of ether oxygens (including phenoxy) is 1. The lowest BCUT2D eigenvalue weighted by Crippen LogP contribution is -2.40. The van der Waals surface area contributed by atoms with Crippen molar-refractivity contribution < 1.29 is 14.3 Å². The largest absolute Gasteiger partial charge is 0.494 e. The van der Waals surface area contributed by atoms with E-state index in [1.165, 1.54) is 40.5 Å². The van der Waals surface area contributed by atoms with E-state index in [4.69, 9.17) is 4.74 Å². The first-order valence-electron chi connectivity index (χ1n) is 12.5. The Bertz CT molecular complexity index is 1530. The number of hydrogen-bond donors (Lipinski definition) is 1. The second kappa shape index (κ2) is 9.63. The SMILES string of the molecule is COc1cnc(Br)c2[nH]cc(C(=O)C(=O)N3CCC(=C4c5ccccc5CCc5ccccc54)CC3)c12. The summed E-state index contributed by atoms with van der Waals surface area (Å²) in [6, 6.07) is 17.3. The van der Waals surface area contributed by atoms with Crippen LogP contribution in [0.15, 0.2) is 71.1 Å². The number of pyridine rings is 1. The number of nitrogens with zero attached hydrogens (tertiary/aromatic N) is 2. The number of ketones is 1. The molecule has 6 nitrogen and oxygen atoms in total. The smallest absolute Gasteiger partial charge is 0.295 e. The number of methoxy groups -OCH3 is 1. The van der Waals surface area contributed by atoms with Crippen molar-refractivity contribution in [3.63, 3.8) is 0 Å². The number of Topliss-reactive ketones (excluding diaryl/α,β-unsaturated/α-hetero) is 1. The Morgan fingerprint density at radius 2 is 1.57 bits per heavy atom. The summed E-state index contributed by atoms with van der Waals surface area (Å²) in [6.07, 6.45) is 6.62. The molecule has 0 bridgehead atoms. The van der Waals surface area contributed by atoms with Crippen molar-refractivity contribution in [1.82, 2.24) is 14.9 Å². The molecule has 6 rings (SSSR count). The van der Waals surface area contributed by atoms with E-state index in [0.717, 1.165) is 25.7 Å². The van der Waals surface area contributed by atoms with Gasteiger partial charge in [-0.2, -0.15) is 0 Å². The van der Waals surface area contributed by atoms with Gasteiger partial charge in [0.25, 0.3) is 11.7 Å². The molecule has 1 amide bonds. The number of hydrogen-bond acceptors (Lipinski definition) is 4. The standard InChI is InChI=1S/C30H26BrN3O3/c1-37-24-17-33-29(31)27-26(24)23(16-32-27)28(35)30(36)34-14-12-20(13-15-34)25-21-8-4-2-6-18(21)10-11-19-7-3-5-9-22(19)25/h2-9,16-17,32H,10-15H2,1H3. The number of carbonyl (C=O) groups excluding carboxylic acids is 2. The molecule has 2 aliphatic rings. The topological polar surface area (TPSA) is 75.3 Å². The van der Waals surface area contributed by atoms with Crippen molar-refractivity contribution in [3.05, 3.63) is 98.9 Å². The lowest BCUT2D eigenvalue weighted by molar-refractivity contribution is -0.126. The molecule has 1 saturated heterocycles. The maximum absolute atomic E-state index is 13.3. The predicted octanol–water partition coefficient (Wildman–Crippen LogP) is 5.74. The van der Waals surface area contributed by atoms with Crippen molar-refractivity contribution in [2.45, 2.75) is 25.7 Å². The molecule has 0 atom stereocenters. The van der Waals surface area contributed by atoms with Crippen LogP contribution in [0.2, 0.25) is 0 Å². The normalized spacial score (nSPS) is 15.2. The van der Waals surface area contributed by atoms with Crippen LogP contribution in [0.25, 0.3) is 16.5 Å². The fraction of sp³-hybridized carbons (Fsp3) is 0.233. The highest BCUT2D eigenvalue weighted by atomic mass is 79.9. The second-order valence-electron chi connectivity index (χ2n) is 9.48. The van der Waals surface area contributed by atoms with E-state index < -0.39 is 11.7 Å². The first-order valence-corrected chi connectivity index (χ1v) is 13.3. The van der Waals surface area contributed by atoms with Gasteiger partial charge >= 0.3 is 0 Å². The van der Waals surface area contributed by atoms with Crippen LogP contribution < -0.4 is 4.74 Å². The Balaban J connectivity index is 1.30. The van der Waals surface area contributed by atoms with Gasteiger partial charge in [-0.15, -0.1) is 0 Å². The van der Waals surface area contributed by atoms with Crippen LogP contribution in [0.5, 0.6) is 5.75 Å². The van der Waals surface area contributed by atoms with Gasteiger partial charge in [0.05, 0.1) is 29.8 Å². The van der Waals surface area contributed by atoms with Crippen molar-refractivity contribution in [1.29, 1.82) is 0 Å². The maximum Gasteiger partial charge on any atom is 0.295 e. The molecule has 0 radical (unpaired) electrons. The lowest BCUT2D eigenvalue weighted by atomic mass is 9.86. The number of aromatic amines is 1. The van der Waals surface area contributed by atoms with E-state index in [1.807, 2.05) is 0 Å². The lowest BCUT2D eigenvalue weighted by Gasteiger charge is -2.30. The van der Waals surface area contributed by atoms with Crippen LogP contribution >= 0.6 is 15.9 Å². The molecule has 4 aromatic rings. The summed E-state index contributed by atoms with van der Waals surface area (Å²) < 4.78 is 5.98. The molecule has 2 aromatic carbocycles. The van der Waals surface area contributed by atoms with Gasteiger partial charge in [0.1, 0.15) is 10.4 Å². The molecule has 186 valence electrons. The molecule has 0 spiro atoms. The molecule has 1 N–H and O–H groups in total. The summed E-state index contributed by atoms with van der Waals surface area (Å²) in [5.41, 5.74) is 8.91. The molecule has 37 heavy (non-hydrogen) atoms. The maximum atomic E-state index is 13.3. The number of benzene rings is 2. The first-order chi connectivity index (χ1) is 18.1. The van der Waals surface area contributed by atoms with Crippen molar-refractivity contribution in [2.75, 3.05) is 20.2 Å². The van der Waals surface area contributed by atoms with Crippen LogP contribution in [0.3, 0.4) is 0 Å². The number of halogens is 1. The van der Waals surface area contributed by atoms with Gasteiger partial charge in [-0.3, -0.25) is 9.59 Å². The summed E-state index contributed by atoms with van der Waals surface area (Å²) in [6.45, 7) is 1.02. The molecule has 2 aromatic heterocycles. The summed E-state index contributed by atoms with van der Waals surface area (Å²) >= 11 is 3.40. The molecule has 3 heterocycles. The highest BCUT2D eigenvalue weighted by Crippen LogP contribution is 2.39. The number of aromatic nitrogens is 2. The Morgan fingerprint density at radius 3 is 2.19 bits per heavy atom. The number of likely N-dealkylation sites (tertiary alicyclic amines) is 1. The Labute approximate surface area is 223 Å². The fourth-order valence-electron chi connectivity index (χ4n) is 5.67. The quantitative estimate of drug-likeness (QED) is 0.199. The van der Waals surface area contributed by atoms with E-state index in [0.29, 0.717) is 39.9 Å². The molecule has 1 aliphatic heterocycles. The minimum Gasteiger partial charge on any atom is -0.494 e. The number of rotatable bonds is 3. The van der Waals surface area contributed by atoms with Crippen LogP contribution in [-0.2, 0) is 17.6 Å². The summed E-state index contributed by atoms with van der Waals surface area (Å²) in [5.74, 6) is -0.572. The third kappa shape index (κ3) is 4.07. The van der Waals surface area contributed by atoms with E-state index in [9.17, 15) is 9.59 Å². The number of nitrogens with one attached hydrogen (secondary N) is 1. The number of piperidine rings is 1. The van der Waals surface area contributed by atoms with E-state index >= 15 is 0 Å². The zero-order chi connectivity index (χ0) is 25.5.